The number of carbonyl (C=O) groups is 1. The Morgan fingerprint density at radius 2 is 1.57 bits per heavy atom. The normalized spacial score (nSPS) is 14.0. The van der Waals surface area contributed by atoms with Crippen molar-refractivity contribution in [2.75, 3.05) is 20.1 Å². The first kappa shape index (κ1) is 31.4. The van der Waals surface area contributed by atoms with Crippen LogP contribution in [0.3, 0.4) is 0 Å². The number of carbonyl (C=O) groups excluding carboxylic acids is 1. The number of benzene rings is 2. The van der Waals surface area contributed by atoms with Crippen molar-refractivity contribution >= 4 is 46.4 Å². The lowest BCUT2D eigenvalue weighted by molar-refractivity contribution is -0.140. The van der Waals surface area contributed by atoms with Gasteiger partial charge in [-0.1, -0.05) is 60.8 Å². The molecule has 2 aromatic rings. The van der Waals surface area contributed by atoms with E-state index in [-0.39, 0.29) is 27.7 Å². The molecule has 204 valence electrons. The van der Waals surface area contributed by atoms with E-state index >= 15 is 0 Å². The number of ketones is 1. The van der Waals surface area contributed by atoms with Gasteiger partial charge in [0.05, 0.1) is 27.2 Å². The quantitative estimate of drug-likeness (QED) is 0.164. The summed E-state index contributed by atoms with van der Waals surface area (Å²) in [7, 11) is 1.58. The van der Waals surface area contributed by atoms with Crippen molar-refractivity contribution in [1.82, 2.24) is 4.90 Å². The minimum atomic E-state index is -5.06. The van der Waals surface area contributed by atoms with Gasteiger partial charge >= 0.3 is 12.4 Å². The number of halogens is 10. The molecule has 0 aliphatic carbocycles. The van der Waals surface area contributed by atoms with Crippen LogP contribution in [0.5, 0.6) is 0 Å². The molecule has 37 heavy (non-hydrogen) atoms. The molecule has 0 heterocycles. The lowest BCUT2D eigenvalue weighted by Gasteiger charge is -2.20. The van der Waals surface area contributed by atoms with E-state index in [0.29, 0.717) is 18.5 Å². The Kier molecular flexibility index (Phi) is 10.5. The molecule has 0 N–H and O–H groups in total. The number of allylic oxidation sites excluding steroid dienone is 1. The first-order chi connectivity index (χ1) is 16.9. The molecule has 2 rings (SSSR count). The number of nitrogens with zero attached hydrogens (tertiary/aromatic N) is 1. The molecular weight excluding hydrogens is 570 g/mol. The standard InChI is InChI=1S/C25H23Cl3F7NO/c1-13(2)6-7-36(3)12-22(37)16-5-4-14(8-18(16)25(33,34)35)21(29)11-17(24(30,31)32)15-9-19(26)23(28)20(27)10-15/h4-5,8-11,13,17H,6-7,12H2,1-3H3/b21-11-. The smallest absolute Gasteiger partial charge is 0.299 e. The van der Waals surface area contributed by atoms with Crippen LogP contribution < -0.4 is 0 Å². The van der Waals surface area contributed by atoms with Crippen LogP contribution in [-0.4, -0.2) is 37.0 Å². The van der Waals surface area contributed by atoms with Crippen LogP contribution in [0.4, 0.5) is 30.7 Å². The molecular formula is C25H23Cl3F7NO. The maximum Gasteiger partial charge on any atom is 0.417 e. The average molecular weight is 593 g/mol. The first-order valence-electron chi connectivity index (χ1n) is 10.9. The Morgan fingerprint density at radius 3 is 2.05 bits per heavy atom. The van der Waals surface area contributed by atoms with E-state index in [1.165, 1.54) is 0 Å². The van der Waals surface area contributed by atoms with Gasteiger partial charge in [-0.3, -0.25) is 9.69 Å². The molecule has 2 nitrogen and oxygen atoms in total. The van der Waals surface area contributed by atoms with E-state index in [9.17, 15) is 35.5 Å². The molecule has 0 saturated carbocycles. The number of Topliss-reactive ketones (excluding diaryl/α,β-unsaturated/α-hetero) is 1. The molecule has 0 saturated heterocycles. The third kappa shape index (κ3) is 8.60. The minimum absolute atomic E-state index is 0.118. The predicted octanol–water partition coefficient (Wildman–Crippen LogP) is 9.48. The average Bonchev–Trinajstić information content (AvgIpc) is 2.77. The fourth-order valence-corrected chi connectivity index (χ4v) is 4.05. The summed E-state index contributed by atoms with van der Waals surface area (Å²) >= 11 is 17.4. The molecule has 0 aromatic heterocycles. The maximum absolute atomic E-state index is 15.0. The third-order valence-electron chi connectivity index (χ3n) is 5.43. The summed E-state index contributed by atoms with van der Waals surface area (Å²) in [6, 6.07) is 3.61. The van der Waals surface area contributed by atoms with Crippen molar-refractivity contribution in [3.63, 3.8) is 0 Å². The molecule has 0 spiro atoms. The highest BCUT2D eigenvalue weighted by Crippen LogP contribution is 2.42. The second-order valence-electron chi connectivity index (χ2n) is 8.93. The van der Waals surface area contributed by atoms with Crippen molar-refractivity contribution in [3.8, 4) is 0 Å². The minimum Gasteiger partial charge on any atom is -0.299 e. The molecule has 1 unspecified atom stereocenters. The lowest BCUT2D eigenvalue weighted by Crippen LogP contribution is -2.29. The molecule has 0 radical (unpaired) electrons. The second kappa shape index (κ2) is 12.4. The summed E-state index contributed by atoms with van der Waals surface area (Å²) in [6.45, 7) is 4.06. The van der Waals surface area contributed by atoms with Crippen molar-refractivity contribution in [3.05, 3.63) is 73.7 Å². The monoisotopic (exact) mass is 591 g/mol. The maximum atomic E-state index is 15.0. The fraction of sp³-hybridized carbons (Fsp3) is 0.400. The highest BCUT2D eigenvalue weighted by atomic mass is 35.5. The summed E-state index contributed by atoms with van der Waals surface area (Å²) < 4.78 is 97.5. The zero-order valence-corrected chi connectivity index (χ0v) is 22.1. The van der Waals surface area contributed by atoms with E-state index in [1.807, 2.05) is 13.8 Å². The van der Waals surface area contributed by atoms with Crippen LogP contribution in [-0.2, 0) is 6.18 Å². The zero-order chi connectivity index (χ0) is 28.3. The Labute approximate surface area is 225 Å². The highest BCUT2D eigenvalue weighted by molar-refractivity contribution is 6.48. The fourth-order valence-electron chi connectivity index (χ4n) is 3.44. The van der Waals surface area contributed by atoms with Crippen LogP contribution in [0, 0.1) is 5.92 Å². The number of rotatable bonds is 9. The molecule has 2 aromatic carbocycles. The molecule has 0 fully saturated rings. The molecule has 0 bridgehead atoms. The van der Waals surface area contributed by atoms with Gasteiger partial charge in [-0.25, -0.2) is 4.39 Å². The number of alkyl halides is 6. The summed E-state index contributed by atoms with van der Waals surface area (Å²) in [5.41, 5.74) is -3.49. The first-order valence-corrected chi connectivity index (χ1v) is 12.1. The van der Waals surface area contributed by atoms with E-state index in [2.05, 4.69) is 0 Å². The van der Waals surface area contributed by atoms with Crippen molar-refractivity contribution in [2.24, 2.45) is 5.92 Å². The Morgan fingerprint density at radius 1 is 1.00 bits per heavy atom. The predicted molar refractivity (Wildman–Crippen MR) is 132 cm³/mol. The van der Waals surface area contributed by atoms with Gasteiger partial charge < -0.3 is 0 Å². The Hall–Kier alpha value is -1.81. The van der Waals surface area contributed by atoms with E-state index in [0.717, 1.165) is 30.7 Å². The van der Waals surface area contributed by atoms with E-state index in [4.69, 9.17) is 34.8 Å². The summed E-state index contributed by atoms with van der Waals surface area (Å²) in [4.78, 5) is 14.2. The molecule has 0 amide bonds. The van der Waals surface area contributed by atoms with Crippen molar-refractivity contribution in [1.29, 1.82) is 0 Å². The summed E-state index contributed by atoms with van der Waals surface area (Å²) in [5.74, 6) is -4.71. The van der Waals surface area contributed by atoms with Crippen molar-refractivity contribution < 1.29 is 35.5 Å². The zero-order valence-electron chi connectivity index (χ0n) is 19.9. The Bertz CT molecular complexity index is 1140. The molecule has 1 atom stereocenters. The lowest BCUT2D eigenvalue weighted by atomic mass is 9.95. The number of hydrogen-bond acceptors (Lipinski definition) is 2. The van der Waals surface area contributed by atoms with Gasteiger partial charge in [0.2, 0.25) is 0 Å². The second-order valence-corrected chi connectivity index (χ2v) is 10.1. The van der Waals surface area contributed by atoms with Crippen LogP contribution in [0.15, 0.2) is 36.4 Å². The van der Waals surface area contributed by atoms with Crippen LogP contribution in [0.2, 0.25) is 15.1 Å². The van der Waals surface area contributed by atoms with Gasteiger partial charge in [-0.2, -0.15) is 26.3 Å². The summed E-state index contributed by atoms with van der Waals surface area (Å²) in [6.07, 6.45) is -9.26. The van der Waals surface area contributed by atoms with Gasteiger partial charge in [0.25, 0.3) is 0 Å². The highest BCUT2D eigenvalue weighted by Gasteiger charge is 2.41. The van der Waals surface area contributed by atoms with E-state index < -0.39 is 52.1 Å². The van der Waals surface area contributed by atoms with E-state index in [1.54, 1.807) is 11.9 Å². The van der Waals surface area contributed by atoms with Crippen LogP contribution in [0.25, 0.3) is 5.83 Å². The number of likely N-dealkylation sites (N-methyl/N-ethyl adjacent to an activating group) is 1. The summed E-state index contributed by atoms with van der Waals surface area (Å²) in [5, 5.41) is -0.831. The van der Waals surface area contributed by atoms with Gasteiger partial charge in [-0.15, -0.1) is 0 Å². The van der Waals surface area contributed by atoms with Gasteiger partial charge in [0, 0.05) is 11.1 Å². The molecule has 0 aliphatic rings. The largest absolute Gasteiger partial charge is 0.417 e. The van der Waals surface area contributed by atoms with Gasteiger partial charge in [0.15, 0.2) is 5.78 Å². The topological polar surface area (TPSA) is 20.3 Å². The molecule has 0 aliphatic heterocycles. The number of hydrogen-bond donors (Lipinski definition) is 0. The van der Waals surface area contributed by atoms with Crippen molar-refractivity contribution in [2.45, 2.75) is 38.5 Å². The van der Waals surface area contributed by atoms with Crippen LogP contribution in [0.1, 0.15) is 53.2 Å². The van der Waals surface area contributed by atoms with Crippen LogP contribution >= 0.6 is 34.8 Å². The Balaban J connectivity index is 2.49. The SMILES string of the molecule is CC(C)CCN(C)CC(=O)c1ccc(/C(F)=C/C(c2cc(Cl)c(Cl)c(Cl)c2)C(F)(F)F)cc1C(F)(F)F. The third-order valence-corrected chi connectivity index (χ3v) is 6.63. The van der Waals surface area contributed by atoms with Gasteiger partial charge in [0.1, 0.15) is 11.7 Å². The molecule has 12 heteroatoms. The van der Waals surface area contributed by atoms with Gasteiger partial charge in [-0.05, 0) is 55.8 Å².